The number of urea groups is 1. The van der Waals surface area contributed by atoms with Crippen LogP contribution in [0.3, 0.4) is 0 Å². The van der Waals surface area contributed by atoms with Crippen molar-refractivity contribution >= 4 is 39.5 Å². The number of nitrogens with one attached hydrogen (secondary N) is 3. The van der Waals surface area contributed by atoms with Crippen LogP contribution < -0.4 is 20.1 Å². The average Bonchev–Trinajstić information content (AvgIpc) is 2.78. The summed E-state index contributed by atoms with van der Waals surface area (Å²) in [6, 6.07) is 9.55. The lowest BCUT2D eigenvalue weighted by Gasteiger charge is -2.15. The minimum atomic E-state index is -4.08. The molecule has 0 aromatic heterocycles. The molecule has 0 radical (unpaired) electrons. The minimum Gasteiger partial charge on any atom is -0.495 e. The number of imide groups is 1. The van der Waals surface area contributed by atoms with Gasteiger partial charge in [-0.05, 0) is 49.7 Å². The second-order valence-corrected chi connectivity index (χ2v) is 8.88. The fourth-order valence-corrected chi connectivity index (χ4v) is 3.91. The first-order valence-corrected chi connectivity index (χ1v) is 11.6. The topological polar surface area (TPSA) is 140 Å². The molecule has 0 aliphatic rings. The lowest BCUT2D eigenvalue weighted by molar-refractivity contribution is -0.127. The molecule has 178 valence electrons. The number of sulfonamides is 1. The van der Waals surface area contributed by atoms with Crippen LogP contribution in [0.4, 0.5) is 4.79 Å². The standard InChI is InChI=1S/C21H24ClN3O7S/c1-4-23-21(28)25-19(26)13(2)32-20(27)15-7-10-17(31-3)18(11-15)33(29,30)24-12-14-5-8-16(22)9-6-14/h5-11,13,24H,4,12H2,1-3H3,(H2,23,25,26,28). The Bertz CT molecular complexity index is 1120. The van der Waals surface area contributed by atoms with E-state index in [1.807, 2.05) is 5.32 Å². The molecule has 0 saturated heterocycles. The maximum absolute atomic E-state index is 12.9. The molecule has 12 heteroatoms. The predicted octanol–water partition coefficient (Wildman–Crippen LogP) is 2.22. The zero-order chi connectivity index (χ0) is 24.6. The fraction of sp³-hybridized carbons (Fsp3) is 0.286. The molecule has 1 atom stereocenters. The van der Waals surface area contributed by atoms with Gasteiger partial charge in [-0.2, -0.15) is 0 Å². The van der Waals surface area contributed by atoms with Crippen LogP contribution in [0, 0.1) is 0 Å². The summed E-state index contributed by atoms with van der Waals surface area (Å²) in [5, 5.41) is 4.92. The smallest absolute Gasteiger partial charge is 0.338 e. The van der Waals surface area contributed by atoms with Crippen molar-refractivity contribution in [1.82, 2.24) is 15.4 Å². The summed E-state index contributed by atoms with van der Waals surface area (Å²) in [4.78, 5) is 35.6. The molecule has 0 fully saturated rings. The lowest BCUT2D eigenvalue weighted by Crippen LogP contribution is -2.44. The van der Waals surface area contributed by atoms with Gasteiger partial charge in [0.05, 0.1) is 12.7 Å². The van der Waals surface area contributed by atoms with Crippen molar-refractivity contribution in [3.63, 3.8) is 0 Å². The molecule has 2 aromatic rings. The molecule has 2 aromatic carbocycles. The highest BCUT2D eigenvalue weighted by Crippen LogP contribution is 2.25. The van der Waals surface area contributed by atoms with Gasteiger partial charge >= 0.3 is 12.0 Å². The Kier molecular flexibility index (Phi) is 9.21. The molecule has 0 saturated carbocycles. The summed E-state index contributed by atoms with van der Waals surface area (Å²) in [6.07, 6.45) is -1.30. The van der Waals surface area contributed by atoms with Crippen LogP contribution in [0.5, 0.6) is 5.75 Å². The van der Waals surface area contributed by atoms with E-state index in [9.17, 15) is 22.8 Å². The molecule has 1 unspecified atom stereocenters. The Hall–Kier alpha value is -3.15. The third kappa shape index (κ3) is 7.45. The van der Waals surface area contributed by atoms with Gasteiger partial charge in [0.1, 0.15) is 10.6 Å². The number of rotatable bonds is 9. The highest BCUT2D eigenvalue weighted by atomic mass is 35.5. The zero-order valence-corrected chi connectivity index (χ0v) is 19.7. The molecule has 2 rings (SSSR count). The second kappa shape index (κ2) is 11.6. The normalized spacial score (nSPS) is 11.9. The maximum Gasteiger partial charge on any atom is 0.338 e. The van der Waals surface area contributed by atoms with Crippen LogP contribution in [0.25, 0.3) is 0 Å². The van der Waals surface area contributed by atoms with Crippen molar-refractivity contribution in [1.29, 1.82) is 0 Å². The third-order valence-corrected chi connectivity index (χ3v) is 5.97. The van der Waals surface area contributed by atoms with Gasteiger partial charge in [0, 0.05) is 18.1 Å². The molecule has 10 nitrogen and oxygen atoms in total. The van der Waals surface area contributed by atoms with E-state index in [0.29, 0.717) is 17.1 Å². The molecule has 0 bridgehead atoms. The Morgan fingerprint density at radius 3 is 2.36 bits per heavy atom. The van der Waals surface area contributed by atoms with Gasteiger partial charge in [-0.1, -0.05) is 23.7 Å². The van der Waals surface area contributed by atoms with Crippen LogP contribution >= 0.6 is 11.6 Å². The largest absolute Gasteiger partial charge is 0.495 e. The molecule has 0 aliphatic carbocycles. The minimum absolute atomic E-state index is 0.0113. The second-order valence-electron chi connectivity index (χ2n) is 6.71. The first-order valence-electron chi connectivity index (χ1n) is 9.79. The van der Waals surface area contributed by atoms with Gasteiger partial charge in [0.25, 0.3) is 5.91 Å². The number of esters is 1. The number of amides is 3. The predicted molar refractivity (Wildman–Crippen MR) is 121 cm³/mol. The molecule has 0 aliphatic heterocycles. The number of halogens is 1. The van der Waals surface area contributed by atoms with Crippen LogP contribution in [0.1, 0.15) is 29.8 Å². The summed E-state index contributed by atoms with van der Waals surface area (Å²) in [6.45, 7) is 3.24. The Balaban J connectivity index is 2.16. The SMILES string of the molecule is CCNC(=O)NC(=O)C(C)OC(=O)c1ccc(OC)c(S(=O)(=O)NCc2ccc(Cl)cc2)c1. The number of methoxy groups -OCH3 is 1. The van der Waals surface area contributed by atoms with E-state index in [0.717, 1.165) is 6.07 Å². The van der Waals surface area contributed by atoms with E-state index < -0.39 is 34.0 Å². The Morgan fingerprint density at radius 1 is 1.09 bits per heavy atom. The fourth-order valence-electron chi connectivity index (χ4n) is 2.57. The monoisotopic (exact) mass is 497 g/mol. The Labute approximate surface area is 196 Å². The quantitative estimate of drug-likeness (QED) is 0.451. The van der Waals surface area contributed by atoms with Gasteiger partial charge in [-0.15, -0.1) is 0 Å². The molecular formula is C21H24ClN3O7S. The van der Waals surface area contributed by atoms with Gasteiger partial charge in [0.2, 0.25) is 10.0 Å². The molecule has 3 amide bonds. The van der Waals surface area contributed by atoms with E-state index in [2.05, 4.69) is 10.0 Å². The van der Waals surface area contributed by atoms with Gasteiger partial charge in [-0.25, -0.2) is 22.7 Å². The molecule has 0 spiro atoms. The molecular weight excluding hydrogens is 474 g/mol. The van der Waals surface area contributed by atoms with Crippen LogP contribution in [0.15, 0.2) is 47.4 Å². The van der Waals surface area contributed by atoms with Crippen molar-refractivity contribution in [3.05, 3.63) is 58.6 Å². The van der Waals surface area contributed by atoms with E-state index in [-0.39, 0.29) is 22.8 Å². The van der Waals surface area contributed by atoms with Crippen molar-refractivity contribution in [2.75, 3.05) is 13.7 Å². The number of hydrogen-bond acceptors (Lipinski definition) is 7. The van der Waals surface area contributed by atoms with E-state index in [4.69, 9.17) is 21.1 Å². The summed E-state index contributed by atoms with van der Waals surface area (Å²) in [7, 11) is -2.79. The summed E-state index contributed by atoms with van der Waals surface area (Å²) in [5.41, 5.74) is 0.546. The van der Waals surface area contributed by atoms with Crippen molar-refractivity contribution in [2.24, 2.45) is 0 Å². The van der Waals surface area contributed by atoms with Crippen LogP contribution in [-0.4, -0.2) is 46.1 Å². The van der Waals surface area contributed by atoms with Crippen LogP contribution in [0.2, 0.25) is 5.02 Å². The number of benzene rings is 2. The Morgan fingerprint density at radius 2 is 1.76 bits per heavy atom. The molecule has 0 heterocycles. The number of carbonyl (C=O) groups is 3. The van der Waals surface area contributed by atoms with Crippen molar-refractivity contribution in [3.8, 4) is 5.75 Å². The van der Waals surface area contributed by atoms with Gasteiger partial charge in [0.15, 0.2) is 6.10 Å². The number of ether oxygens (including phenoxy) is 2. The molecule has 3 N–H and O–H groups in total. The maximum atomic E-state index is 12.9. The summed E-state index contributed by atoms with van der Waals surface area (Å²) < 4.78 is 38.3. The molecule has 33 heavy (non-hydrogen) atoms. The number of hydrogen-bond donors (Lipinski definition) is 3. The van der Waals surface area contributed by atoms with E-state index in [1.165, 1.54) is 26.2 Å². The first kappa shape index (κ1) is 26.1. The van der Waals surface area contributed by atoms with Crippen molar-refractivity contribution in [2.45, 2.75) is 31.4 Å². The van der Waals surface area contributed by atoms with Crippen molar-refractivity contribution < 1.29 is 32.3 Å². The average molecular weight is 498 g/mol. The van der Waals surface area contributed by atoms with E-state index in [1.54, 1.807) is 31.2 Å². The summed E-state index contributed by atoms with van der Waals surface area (Å²) >= 11 is 5.83. The number of carbonyl (C=O) groups excluding carboxylic acids is 3. The van der Waals surface area contributed by atoms with Crippen LogP contribution in [-0.2, 0) is 26.1 Å². The highest BCUT2D eigenvalue weighted by molar-refractivity contribution is 7.89. The first-order chi connectivity index (χ1) is 15.6. The van der Waals surface area contributed by atoms with E-state index >= 15 is 0 Å². The highest BCUT2D eigenvalue weighted by Gasteiger charge is 2.25. The summed E-state index contributed by atoms with van der Waals surface area (Å²) in [5.74, 6) is -1.78. The van der Waals surface area contributed by atoms with Gasteiger partial charge in [-0.3, -0.25) is 10.1 Å². The van der Waals surface area contributed by atoms with Gasteiger partial charge < -0.3 is 14.8 Å². The lowest BCUT2D eigenvalue weighted by atomic mass is 10.2. The zero-order valence-electron chi connectivity index (χ0n) is 18.2. The third-order valence-electron chi connectivity index (χ3n) is 4.30.